The molecule has 5 heteroatoms. The normalized spacial score (nSPS) is 16.4. The number of hydrogen-bond acceptors (Lipinski definition) is 4. The van der Waals surface area contributed by atoms with Crippen molar-refractivity contribution in [3.05, 3.63) is 54.1 Å². The maximum atomic E-state index is 12.1. The highest BCUT2D eigenvalue weighted by Gasteiger charge is 2.23. The SMILES string of the molecule is COc1cccc(OCC(=O)NCC2CCN(c3ccccc3C)C2)c1. The summed E-state index contributed by atoms with van der Waals surface area (Å²) in [7, 11) is 1.60. The van der Waals surface area contributed by atoms with Gasteiger partial charge >= 0.3 is 0 Å². The van der Waals surface area contributed by atoms with Crippen LogP contribution in [0.15, 0.2) is 48.5 Å². The molecular formula is C21H26N2O3. The van der Waals surface area contributed by atoms with E-state index in [0.29, 0.717) is 24.0 Å². The van der Waals surface area contributed by atoms with Gasteiger partial charge in [0.05, 0.1) is 7.11 Å². The van der Waals surface area contributed by atoms with Crippen molar-refractivity contribution in [1.29, 1.82) is 0 Å². The Morgan fingerprint density at radius 2 is 2.00 bits per heavy atom. The van der Waals surface area contributed by atoms with Crippen molar-refractivity contribution >= 4 is 11.6 Å². The van der Waals surface area contributed by atoms with Gasteiger partial charge in [0.1, 0.15) is 11.5 Å². The number of ether oxygens (including phenoxy) is 2. The number of hydrogen-bond donors (Lipinski definition) is 1. The van der Waals surface area contributed by atoms with Crippen LogP contribution in [0.5, 0.6) is 11.5 Å². The first-order valence-corrected chi connectivity index (χ1v) is 9.00. The number of para-hydroxylation sites is 1. The number of nitrogens with zero attached hydrogens (tertiary/aromatic N) is 1. The van der Waals surface area contributed by atoms with Gasteiger partial charge in [0.25, 0.3) is 5.91 Å². The van der Waals surface area contributed by atoms with Gasteiger partial charge in [-0.15, -0.1) is 0 Å². The molecule has 2 aromatic rings. The Hall–Kier alpha value is -2.69. The van der Waals surface area contributed by atoms with Gasteiger partial charge in [-0.25, -0.2) is 0 Å². The van der Waals surface area contributed by atoms with Crippen LogP contribution in [0.1, 0.15) is 12.0 Å². The van der Waals surface area contributed by atoms with Crippen LogP contribution < -0.4 is 19.7 Å². The Labute approximate surface area is 154 Å². The van der Waals surface area contributed by atoms with E-state index < -0.39 is 0 Å². The number of aryl methyl sites for hydroxylation is 1. The molecule has 2 aromatic carbocycles. The van der Waals surface area contributed by atoms with Crippen molar-refractivity contribution in [2.45, 2.75) is 13.3 Å². The lowest BCUT2D eigenvalue weighted by molar-refractivity contribution is -0.123. The zero-order chi connectivity index (χ0) is 18.4. The standard InChI is InChI=1S/C21H26N2O3/c1-16-6-3-4-9-20(16)23-11-10-17(14-23)13-22-21(24)15-26-19-8-5-7-18(12-19)25-2/h3-9,12,17H,10-11,13-15H2,1-2H3,(H,22,24). The van der Waals surface area contributed by atoms with Crippen molar-refractivity contribution in [3.63, 3.8) is 0 Å². The molecule has 0 bridgehead atoms. The predicted octanol–water partition coefficient (Wildman–Crippen LogP) is 3.03. The Morgan fingerprint density at radius 3 is 2.81 bits per heavy atom. The molecule has 138 valence electrons. The molecule has 1 N–H and O–H groups in total. The van der Waals surface area contributed by atoms with Gasteiger partial charge in [-0.3, -0.25) is 4.79 Å². The van der Waals surface area contributed by atoms with Crippen LogP contribution >= 0.6 is 0 Å². The first-order valence-electron chi connectivity index (χ1n) is 9.00. The molecule has 1 aliphatic heterocycles. The van der Waals surface area contributed by atoms with E-state index in [-0.39, 0.29) is 12.5 Å². The lowest BCUT2D eigenvalue weighted by Gasteiger charge is -2.21. The molecule has 1 fully saturated rings. The number of anilines is 1. The van der Waals surface area contributed by atoms with E-state index in [1.807, 2.05) is 18.2 Å². The highest BCUT2D eigenvalue weighted by Crippen LogP contribution is 2.26. The molecule has 1 atom stereocenters. The fourth-order valence-electron chi connectivity index (χ4n) is 3.29. The molecule has 0 saturated carbocycles. The molecule has 1 unspecified atom stereocenters. The zero-order valence-electron chi connectivity index (χ0n) is 15.4. The van der Waals surface area contributed by atoms with E-state index >= 15 is 0 Å². The maximum absolute atomic E-state index is 12.1. The van der Waals surface area contributed by atoms with E-state index in [2.05, 4.69) is 41.4 Å². The van der Waals surface area contributed by atoms with Gasteiger partial charge in [0.15, 0.2) is 6.61 Å². The Morgan fingerprint density at radius 1 is 1.19 bits per heavy atom. The number of methoxy groups -OCH3 is 1. The lowest BCUT2D eigenvalue weighted by atomic mass is 10.1. The average molecular weight is 354 g/mol. The van der Waals surface area contributed by atoms with Crippen LogP contribution in [0, 0.1) is 12.8 Å². The van der Waals surface area contributed by atoms with Gasteiger partial charge in [-0.05, 0) is 43.0 Å². The van der Waals surface area contributed by atoms with Gasteiger partial charge in [0, 0.05) is 31.4 Å². The number of rotatable bonds is 7. The number of amides is 1. The molecule has 3 rings (SSSR count). The summed E-state index contributed by atoms with van der Waals surface area (Å²) in [5, 5.41) is 2.99. The first-order chi connectivity index (χ1) is 12.7. The summed E-state index contributed by atoms with van der Waals surface area (Å²) in [4.78, 5) is 14.5. The van der Waals surface area contributed by atoms with Crippen molar-refractivity contribution in [3.8, 4) is 11.5 Å². The van der Waals surface area contributed by atoms with Gasteiger partial charge < -0.3 is 19.7 Å². The lowest BCUT2D eigenvalue weighted by Crippen LogP contribution is -2.34. The third-order valence-corrected chi connectivity index (χ3v) is 4.74. The summed E-state index contributed by atoms with van der Waals surface area (Å²) < 4.78 is 10.7. The van der Waals surface area contributed by atoms with Crippen molar-refractivity contribution in [1.82, 2.24) is 5.32 Å². The van der Waals surface area contributed by atoms with E-state index in [0.717, 1.165) is 19.5 Å². The third kappa shape index (κ3) is 4.69. The van der Waals surface area contributed by atoms with Crippen molar-refractivity contribution < 1.29 is 14.3 Å². The minimum Gasteiger partial charge on any atom is -0.497 e. The number of benzene rings is 2. The quantitative estimate of drug-likeness (QED) is 0.830. The molecule has 1 heterocycles. The van der Waals surface area contributed by atoms with E-state index in [1.54, 1.807) is 13.2 Å². The Balaban J connectivity index is 1.42. The fourth-order valence-corrected chi connectivity index (χ4v) is 3.29. The molecule has 1 saturated heterocycles. The highest BCUT2D eigenvalue weighted by molar-refractivity contribution is 5.77. The second-order valence-corrected chi connectivity index (χ2v) is 6.66. The summed E-state index contributed by atoms with van der Waals surface area (Å²) in [6, 6.07) is 15.7. The summed E-state index contributed by atoms with van der Waals surface area (Å²) in [5.41, 5.74) is 2.59. The Kier molecular flexibility index (Phi) is 6.00. The highest BCUT2D eigenvalue weighted by atomic mass is 16.5. The molecule has 0 spiro atoms. The van der Waals surface area contributed by atoms with Gasteiger partial charge in [0.2, 0.25) is 0 Å². The molecule has 0 aliphatic carbocycles. The predicted molar refractivity (Wildman–Crippen MR) is 103 cm³/mol. The van der Waals surface area contributed by atoms with E-state index in [9.17, 15) is 4.79 Å². The number of nitrogens with one attached hydrogen (secondary N) is 1. The molecule has 1 aliphatic rings. The van der Waals surface area contributed by atoms with E-state index in [4.69, 9.17) is 9.47 Å². The molecule has 1 amide bonds. The second-order valence-electron chi connectivity index (χ2n) is 6.66. The largest absolute Gasteiger partial charge is 0.497 e. The molecule has 0 aromatic heterocycles. The van der Waals surface area contributed by atoms with Crippen LogP contribution in [-0.4, -0.2) is 39.3 Å². The average Bonchev–Trinajstić information content (AvgIpc) is 3.14. The van der Waals surface area contributed by atoms with Crippen LogP contribution in [-0.2, 0) is 4.79 Å². The monoisotopic (exact) mass is 354 g/mol. The van der Waals surface area contributed by atoms with E-state index in [1.165, 1.54) is 11.3 Å². The second kappa shape index (κ2) is 8.61. The van der Waals surface area contributed by atoms with Gasteiger partial charge in [-0.1, -0.05) is 24.3 Å². The van der Waals surface area contributed by atoms with Crippen molar-refractivity contribution in [2.75, 3.05) is 38.3 Å². The topological polar surface area (TPSA) is 50.8 Å². The summed E-state index contributed by atoms with van der Waals surface area (Å²) >= 11 is 0. The molecule has 5 nitrogen and oxygen atoms in total. The smallest absolute Gasteiger partial charge is 0.257 e. The summed E-state index contributed by atoms with van der Waals surface area (Å²) in [6.45, 7) is 4.85. The first kappa shape index (κ1) is 18.1. The minimum atomic E-state index is -0.0952. The molecule has 26 heavy (non-hydrogen) atoms. The molecule has 0 radical (unpaired) electrons. The zero-order valence-corrected chi connectivity index (χ0v) is 15.4. The Bertz CT molecular complexity index is 748. The summed E-state index contributed by atoms with van der Waals surface area (Å²) in [5.74, 6) is 1.72. The fraction of sp³-hybridized carbons (Fsp3) is 0.381. The van der Waals surface area contributed by atoms with Crippen LogP contribution in [0.25, 0.3) is 0 Å². The van der Waals surface area contributed by atoms with Crippen LogP contribution in [0.2, 0.25) is 0 Å². The maximum Gasteiger partial charge on any atom is 0.257 e. The van der Waals surface area contributed by atoms with Crippen molar-refractivity contribution in [2.24, 2.45) is 5.92 Å². The van der Waals surface area contributed by atoms with Crippen LogP contribution in [0.4, 0.5) is 5.69 Å². The number of carbonyl (C=O) groups excluding carboxylic acids is 1. The summed E-state index contributed by atoms with van der Waals surface area (Å²) in [6.07, 6.45) is 1.09. The molecular weight excluding hydrogens is 328 g/mol. The third-order valence-electron chi connectivity index (χ3n) is 4.74. The van der Waals surface area contributed by atoms with Gasteiger partial charge in [-0.2, -0.15) is 0 Å². The minimum absolute atomic E-state index is 0.0153. The number of carbonyl (C=O) groups is 1. The van der Waals surface area contributed by atoms with Crippen LogP contribution in [0.3, 0.4) is 0 Å².